The van der Waals surface area contributed by atoms with Gasteiger partial charge in [-0.15, -0.1) is 0 Å². The summed E-state index contributed by atoms with van der Waals surface area (Å²) in [5, 5.41) is 3.92. The molecule has 6 heterocycles. The van der Waals surface area contributed by atoms with Crippen molar-refractivity contribution in [3.8, 4) is 17.3 Å². The van der Waals surface area contributed by atoms with E-state index in [1.807, 2.05) is 0 Å². The van der Waals surface area contributed by atoms with Crippen molar-refractivity contribution in [2.75, 3.05) is 43.4 Å². The van der Waals surface area contributed by atoms with Crippen molar-refractivity contribution in [1.82, 2.24) is 25.2 Å². The molecule has 7 rings (SSSR count). The number of nitrogens with one attached hydrogen (secondary N) is 1. The molecule has 0 saturated carbocycles. The summed E-state index contributed by atoms with van der Waals surface area (Å²) in [6.07, 6.45) is -1.67. The van der Waals surface area contributed by atoms with Crippen LogP contribution in [0.4, 0.5) is 33.6 Å². The third kappa shape index (κ3) is 4.61. The number of alkyl halides is 4. The molecular formula is C29H32F5N7O. The highest BCUT2D eigenvalue weighted by Gasteiger charge is 2.49. The number of nitrogens with zero attached hydrogens (tertiary/aromatic N) is 5. The molecule has 224 valence electrons. The van der Waals surface area contributed by atoms with Gasteiger partial charge >= 0.3 is 12.2 Å². The number of aryl methyl sites for hydroxylation is 1. The number of hydrogen-bond donors (Lipinski definition) is 2. The van der Waals surface area contributed by atoms with Crippen LogP contribution in [-0.4, -0.2) is 76.4 Å². The zero-order valence-electron chi connectivity index (χ0n) is 23.1. The molecule has 4 fully saturated rings. The second-order valence-electron chi connectivity index (χ2n) is 12.1. The fourth-order valence-electron chi connectivity index (χ4n) is 7.48. The van der Waals surface area contributed by atoms with Crippen LogP contribution in [0, 0.1) is 12.7 Å². The average Bonchev–Trinajstić information content (AvgIpc) is 3.56. The summed E-state index contributed by atoms with van der Waals surface area (Å²) in [7, 11) is 0. The summed E-state index contributed by atoms with van der Waals surface area (Å²) in [4.78, 5) is 17.2. The van der Waals surface area contributed by atoms with Crippen molar-refractivity contribution >= 4 is 22.5 Å². The highest BCUT2D eigenvalue weighted by Crippen LogP contribution is 2.43. The van der Waals surface area contributed by atoms with E-state index < -0.39 is 35.0 Å². The lowest BCUT2D eigenvalue weighted by atomic mass is 9.95. The standard InChI is InChI=1S/C29H32F5N7O/c1-15-9-21(35)37-24(22(15)29(32,33)34)19-5-6-20-25(23(19)31)38-27(39-26(20)40-12-17-3-4-18(13-40)36-17)42-14-28-7-2-8-41(28)11-16(30)10-28/h5-6,9,16-18,36H,2-4,7-8,10-14H2,1H3,(H2,35,37). The highest BCUT2D eigenvalue weighted by atomic mass is 19.4. The number of anilines is 2. The third-order valence-corrected chi connectivity index (χ3v) is 9.29. The molecule has 4 saturated heterocycles. The summed E-state index contributed by atoms with van der Waals surface area (Å²) in [6, 6.07) is 4.36. The van der Waals surface area contributed by atoms with Gasteiger partial charge in [-0.1, -0.05) is 0 Å². The summed E-state index contributed by atoms with van der Waals surface area (Å²) >= 11 is 0. The van der Waals surface area contributed by atoms with Crippen LogP contribution in [0.2, 0.25) is 0 Å². The first kappa shape index (κ1) is 27.5. The number of fused-ring (bicyclic) bond motifs is 4. The first-order valence-corrected chi connectivity index (χ1v) is 14.4. The van der Waals surface area contributed by atoms with Gasteiger partial charge in [0.25, 0.3) is 0 Å². The number of pyridine rings is 1. The van der Waals surface area contributed by atoms with Crippen molar-refractivity contribution in [2.24, 2.45) is 0 Å². The number of halogens is 5. The second kappa shape index (κ2) is 9.87. The van der Waals surface area contributed by atoms with E-state index in [2.05, 4.69) is 25.1 Å². The van der Waals surface area contributed by atoms with Crippen LogP contribution in [0.3, 0.4) is 0 Å². The van der Waals surface area contributed by atoms with Crippen LogP contribution < -0.4 is 20.7 Å². The Kier molecular flexibility index (Phi) is 6.46. The Balaban J connectivity index is 1.35. The molecule has 13 heteroatoms. The van der Waals surface area contributed by atoms with E-state index in [4.69, 9.17) is 15.5 Å². The van der Waals surface area contributed by atoms with Gasteiger partial charge in [-0.05, 0) is 62.9 Å². The van der Waals surface area contributed by atoms with Crippen molar-refractivity contribution in [1.29, 1.82) is 0 Å². The van der Waals surface area contributed by atoms with Gasteiger partial charge in [0.05, 0.1) is 16.8 Å². The molecular weight excluding hydrogens is 557 g/mol. The molecule has 0 amide bonds. The number of nitrogens with two attached hydrogens (primary N) is 1. The van der Waals surface area contributed by atoms with E-state index >= 15 is 4.39 Å². The zero-order valence-corrected chi connectivity index (χ0v) is 23.1. The fraction of sp³-hybridized carbons (Fsp3) is 0.552. The maximum atomic E-state index is 16.4. The number of piperazine rings is 1. The van der Waals surface area contributed by atoms with Gasteiger partial charge in [0, 0.05) is 49.1 Å². The number of benzene rings is 1. The van der Waals surface area contributed by atoms with Gasteiger partial charge in [0.15, 0.2) is 5.82 Å². The largest absolute Gasteiger partial charge is 0.461 e. The minimum absolute atomic E-state index is 0.0873. The van der Waals surface area contributed by atoms with Crippen LogP contribution in [0.25, 0.3) is 22.2 Å². The Morgan fingerprint density at radius 1 is 1.12 bits per heavy atom. The quantitative estimate of drug-likeness (QED) is 0.416. The molecule has 4 aliphatic rings. The van der Waals surface area contributed by atoms with E-state index in [0.717, 1.165) is 38.3 Å². The van der Waals surface area contributed by atoms with Crippen molar-refractivity contribution < 1.29 is 26.7 Å². The zero-order chi connectivity index (χ0) is 29.4. The van der Waals surface area contributed by atoms with Crippen molar-refractivity contribution in [2.45, 2.75) is 69.0 Å². The molecule has 4 aliphatic heterocycles. The van der Waals surface area contributed by atoms with E-state index in [-0.39, 0.29) is 47.2 Å². The van der Waals surface area contributed by atoms with E-state index in [1.54, 1.807) is 6.07 Å². The molecule has 2 aromatic heterocycles. The topological polar surface area (TPSA) is 92.4 Å². The molecule has 3 N–H and O–H groups in total. The first-order chi connectivity index (χ1) is 20.0. The predicted octanol–water partition coefficient (Wildman–Crippen LogP) is 4.64. The third-order valence-electron chi connectivity index (χ3n) is 9.29. The smallest absolute Gasteiger partial charge is 0.418 e. The van der Waals surface area contributed by atoms with Crippen LogP contribution in [0.1, 0.15) is 43.2 Å². The van der Waals surface area contributed by atoms with E-state index in [1.165, 1.54) is 13.0 Å². The molecule has 0 aliphatic carbocycles. The maximum Gasteiger partial charge on any atom is 0.418 e. The lowest BCUT2D eigenvalue weighted by Crippen LogP contribution is -2.51. The lowest BCUT2D eigenvalue weighted by molar-refractivity contribution is -0.137. The minimum Gasteiger partial charge on any atom is -0.461 e. The molecule has 2 bridgehead atoms. The summed E-state index contributed by atoms with van der Waals surface area (Å²) in [5.41, 5.74) is 3.00. The number of nitrogen functional groups attached to an aromatic ring is 1. The lowest BCUT2D eigenvalue weighted by Gasteiger charge is -2.34. The highest BCUT2D eigenvalue weighted by molar-refractivity contribution is 5.93. The van der Waals surface area contributed by atoms with Gasteiger partial charge in [-0.2, -0.15) is 23.1 Å². The Labute approximate surface area is 239 Å². The monoisotopic (exact) mass is 589 g/mol. The normalized spacial score (nSPS) is 27.7. The molecule has 0 radical (unpaired) electrons. The van der Waals surface area contributed by atoms with Crippen LogP contribution in [0.5, 0.6) is 6.01 Å². The van der Waals surface area contributed by atoms with E-state index in [0.29, 0.717) is 37.3 Å². The molecule has 42 heavy (non-hydrogen) atoms. The Bertz CT molecular complexity index is 1540. The summed E-state index contributed by atoms with van der Waals surface area (Å²) in [5.74, 6) is -0.656. The van der Waals surface area contributed by atoms with Gasteiger partial charge < -0.3 is 20.7 Å². The molecule has 0 spiro atoms. The molecule has 1 aromatic carbocycles. The number of ether oxygens (including phenoxy) is 1. The maximum absolute atomic E-state index is 16.4. The minimum atomic E-state index is -4.78. The van der Waals surface area contributed by atoms with Crippen molar-refractivity contribution in [3.05, 3.63) is 35.1 Å². The Morgan fingerprint density at radius 2 is 1.88 bits per heavy atom. The molecule has 3 aromatic rings. The number of rotatable bonds is 5. The van der Waals surface area contributed by atoms with Crippen LogP contribution >= 0.6 is 0 Å². The first-order valence-electron chi connectivity index (χ1n) is 14.4. The predicted molar refractivity (Wildman–Crippen MR) is 148 cm³/mol. The Hall–Kier alpha value is -3.32. The SMILES string of the molecule is Cc1cc(N)nc(-c2ccc3c(N4CC5CCC(C4)N5)nc(OCC45CCCN4CC(F)C5)nc3c2F)c1C(F)(F)F. The van der Waals surface area contributed by atoms with Crippen molar-refractivity contribution in [3.63, 3.8) is 0 Å². The van der Waals surface area contributed by atoms with Gasteiger partial charge in [0.1, 0.15) is 29.9 Å². The summed E-state index contributed by atoms with van der Waals surface area (Å²) in [6.45, 7) is 3.82. The molecule has 4 atom stereocenters. The fourth-order valence-corrected chi connectivity index (χ4v) is 7.48. The molecule has 4 unspecified atom stereocenters. The number of hydrogen-bond acceptors (Lipinski definition) is 8. The summed E-state index contributed by atoms with van der Waals surface area (Å²) < 4.78 is 79.2. The Morgan fingerprint density at radius 3 is 2.62 bits per heavy atom. The van der Waals surface area contributed by atoms with Gasteiger partial charge in [-0.3, -0.25) is 4.90 Å². The second-order valence-corrected chi connectivity index (χ2v) is 12.1. The van der Waals surface area contributed by atoms with Crippen LogP contribution in [-0.2, 0) is 6.18 Å². The average molecular weight is 590 g/mol. The molecule has 8 nitrogen and oxygen atoms in total. The van der Waals surface area contributed by atoms with E-state index in [9.17, 15) is 17.6 Å². The van der Waals surface area contributed by atoms with Gasteiger partial charge in [-0.25, -0.2) is 13.8 Å². The van der Waals surface area contributed by atoms with Crippen LogP contribution in [0.15, 0.2) is 18.2 Å². The number of aromatic nitrogens is 3. The van der Waals surface area contributed by atoms with Gasteiger partial charge in [0.2, 0.25) is 0 Å².